The molecule has 2 aromatic rings. The molecule has 0 bridgehead atoms. The fourth-order valence-electron chi connectivity index (χ4n) is 3.85. The third kappa shape index (κ3) is 2.63. The molecular formula is C19H23N3O2. The van der Waals surface area contributed by atoms with Crippen molar-refractivity contribution in [2.45, 2.75) is 39.2 Å². The second-order valence-electron chi connectivity index (χ2n) is 6.85. The van der Waals surface area contributed by atoms with Gasteiger partial charge in [-0.2, -0.15) is 5.10 Å². The Balaban J connectivity index is 1.55. The van der Waals surface area contributed by atoms with Gasteiger partial charge in [-0.05, 0) is 44.2 Å². The van der Waals surface area contributed by atoms with Crippen LogP contribution in [-0.4, -0.2) is 40.7 Å². The second-order valence-corrected chi connectivity index (χ2v) is 6.85. The highest BCUT2D eigenvalue weighted by Crippen LogP contribution is 2.28. The molecule has 0 spiro atoms. The van der Waals surface area contributed by atoms with Gasteiger partial charge in [0.2, 0.25) is 0 Å². The molecule has 1 unspecified atom stereocenters. The van der Waals surface area contributed by atoms with Gasteiger partial charge in [-0.25, -0.2) is 0 Å². The summed E-state index contributed by atoms with van der Waals surface area (Å²) in [6.07, 6.45) is 3.01. The smallest absolute Gasteiger partial charge is 0.274 e. The van der Waals surface area contributed by atoms with Crippen molar-refractivity contribution in [1.82, 2.24) is 15.1 Å². The monoisotopic (exact) mass is 325 g/mol. The first-order valence-electron chi connectivity index (χ1n) is 8.67. The molecule has 2 aliphatic rings. The van der Waals surface area contributed by atoms with Gasteiger partial charge in [0.25, 0.3) is 5.91 Å². The Bertz CT molecular complexity index is 781. The van der Waals surface area contributed by atoms with Crippen LogP contribution in [0.5, 0.6) is 0 Å². The largest absolute Gasteiger partial charge is 0.370 e. The minimum atomic E-state index is -0.0599. The summed E-state index contributed by atoms with van der Waals surface area (Å²) >= 11 is 0. The Kier molecular flexibility index (Phi) is 3.88. The molecule has 2 heterocycles. The van der Waals surface area contributed by atoms with E-state index in [2.05, 4.69) is 42.2 Å². The lowest BCUT2D eigenvalue weighted by Crippen LogP contribution is -2.42. The van der Waals surface area contributed by atoms with Gasteiger partial charge in [0.1, 0.15) is 6.10 Å². The van der Waals surface area contributed by atoms with E-state index in [9.17, 15) is 4.79 Å². The zero-order chi connectivity index (χ0) is 16.7. The lowest BCUT2D eigenvalue weighted by atomic mass is 9.99. The van der Waals surface area contributed by atoms with E-state index in [0.29, 0.717) is 25.4 Å². The number of fused-ring (bicyclic) bond motifs is 1. The summed E-state index contributed by atoms with van der Waals surface area (Å²) in [6, 6.07) is 6.39. The third-order valence-electron chi connectivity index (χ3n) is 5.13. The number of rotatable bonds is 2. The molecule has 0 saturated carbocycles. The van der Waals surface area contributed by atoms with Crippen LogP contribution in [-0.2, 0) is 17.6 Å². The molecule has 1 aromatic heterocycles. The molecule has 4 rings (SSSR count). The molecular weight excluding hydrogens is 302 g/mol. The highest BCUT2D eigenvalue weighted by Gasteiger charge is 2.31. The van der Waals surface area contributed by atoms with E-state index in [1.807, 2.05) is 4.90 Å². The van der Waals surface area contributed by atoms with Crippen molar-refractivity contribution in [2.75, 3.05) is 19.7 Å². The number of carbonyl (C=O) groups is 1. The van der Waals surface area contributed by atoms with Crippen molar-refractivity contribution in [1.29, 1.82) is 0 Å². The predicted molar refractivity (Wildman–Crippen MR) is 91.1 cm³/mol. The summed E-state index contributed by atoms with van der Waals surface area (Å²) in [7, 11) is 0. The molecule has 1 aliphatic heterocycles. The van der Waals surface area contributed by atoms with Crippen LogP contribution in [0.1, 0.15) is 51.0 Å². The number of ether oxygens (including phenoxy) is 1. The van der Waals surface area contributed by atoms with Crippen LogP contribution in [0, 0.1) is 13.8 Å². The topological polar surface area (TPSA) is 58.2 Å². The molecule has 126 valence electrons. The minimum absolute atomic E-state index is 0.0347. The number of aryl methyl sites for hydroxylation is 3. The number of aromatic nitrogens is 2. The Labute approximate surface area is 142 Å². The Morgan fingerprint density at radius 1 is 1.33 bits per heavy atom. The highest BCUT2D eigenvalue weighted by molar-refractivity contribution is 5.94. The highest BCUT2D eigenvalue weighted by atomic mass is 16.5. The van der Waals surface area contributed by atoms with Crippen molar-refractivity contribution in [3.05, 3.63) is 51.8 Å². The van der Waals surface area contributed by atoms with Gasteiger partial charge >= 0.3 is 0 Å². The molecule has 5 nitrogen and oxygen atoms in total. The van der Waals surface area contributed by atoms with Crippen LogP contribution in [0.15, 0.2) is 18.2 Å². The minimum Gasteiger partial charge on any atom is -0.370 e. The number of carbonyl (C=O) groups excluding carboxylic acids is 1. The quantitative estimate of drug-likeness (QED) is 0.923. The summed E-state index contributed by atoms with van der Waals surface area (Å²) < 4.78 is 5.95. The number of aromatic amines is 1. The maximum atomic E-state index is 12.9. The molecule has 24 heavy (non-hydrogen) atoms. The van der Waals surface area contributed by atoms with Crippen LogP contribution in [0.25, 0.3) is 0 Å². The number of nitrogens with zero attached hydrogens (tertiary/aromatic N) is 2. The number of amides is 1. The zero-order valence-corrected chi connectivity index (χ0v) is 14.3. The van der Waals surface area contributed by atoms with Crippen molar-refractivity contribution in [3.8, 4) is 0 Å². The Morgan fingerprint density at radius 2 is 2.21 bits per heavy atom. The lowest BCUT2D eigenvalue weighted by Gasteiger charge is -2.33. The Hall–Kier alpha value is -2.14. The van der Waals surface area contributed by atoms with Gasteiger partial charge in [0.15, 0.2) is 5.69 Å². The number of H-pyrrole nitrogens is 1. The molecule has 1 fully saturated rings. The zero-order valence-electron chi connectivity index (χ0n) is 14.3. The second kappa shape index (κ2) is 6.06. The van der Waals surface area contributed by atoms with Crippen LogP contribution < -0.4 is 0 Å². The van der Waals surface area contributed by atoms with E-state index in [1.54, 1.807) is 0 Å². The molecule has 1 aromatic carbocycles. The first kappa shape index (κ1) is 15.4. The van der Waals surface area contributed by atoms with Gasteiger partial charge in [0.05, 0.1) is 13.2 Å². The van der Waals surface area contributed by atoms with E-state index < -0.39 is 0 Å². The first-order chi connectivity index (χ1) is 11.6. The van der Waals surface area contributed by atoms with Crippen LogP contribution in [0.4, 0.5) is 0 Å². The molecule has 1 saturated heterocycles. The summed E-state index contributed by atoms with van der Waals surface area (Å²) in [6.45, 7) is 5.97. The average molecular weight is 325 g/mol. The molecule has 1 N–H and O–H groups in total. The van der Waals surface area contributed by atoms with Crippen molar-refractivity contribution in [2.24, 2.45) is 0 Å². The van der Waals surface area contributed by atoms with E-state index in [0.717, 1.165) is 30.5 Å². The fourth-order valence-corrected chi connectivity index (χ4v) is 3.85. The standard InChI is InChI=1S/C19H23N3O2/c1-12-6-7-14(13(2)10-12)17-11-22(8-9-24-17)19(23)18-15-4-3-5-16(15)20-21-18/h6-7,10,17H,3-5,8-9,11H2,1-2H3,(H,20,21). The van der Waals surface area contributed by atoms with Gasteiger partial charge in [-0.1, -0.05) is 23.8 Å². The maximum Gasteiger partial charge on any atom is 0.274 e. The average Bonchev–Trinajstić information content (AvgIpc) is 3.17. The lowest BCUT2D eigenvalue weighted by molar-refractivity contribution is -0.0233. The van der Waals surface area contributed by atoms with E-state index >= 15 is 0 Å². The summed E-state index contributed by atoms with van der Waals surface area (Å²) in [5, 5.41) is 7.32. The van der Waals surface area contributed by atoms with E-state index in [1.165, 1.54) is 16.7 Å². The molecule has 1 aliphatic carbocycles. The van der Waals surface area contributed by atoms with E-state index in [4.69, 9.17) is 4.74 Å². The first-order valence-corrected chi connectivity index (χ1v) is 8.67. The van der Waals surface area contributed by atoms with Crippen LogP contribution >= 0.6 is 0 Å². The fraction of sp³-hybridized carbons (Fsp3) is 0.474. The number of hydrogen-bond acceptors (Lipinski definition) is 3. The third-order valence-corrected chi connectivity index (χ3v) is 5.13. The summed E-state index contributed by atoms with van der Waals surface area (Å²) in [5.41, 5.74) is 6.50. The number of morpholine rings is 1. The number of hydrogen-bond donors (Lipinski definition) is 1. The van der Waals surface area contributed by atoms with Crippen LogP contribution in [0.2, 0.25) is 0 Å². The van der Waals surface area contributed by atoms with Crippen LogP contribution in [0.3, 0.4) is 0 Å². The van der Waals surface area contributed by atoms with Crippen molar-refractivity contribution in [3.63, 3.8) is 0 Å². The normalized spacial score (nSPS) is 20.2. The van der Waals surface area contributed by atoms with Crippen molar-refractivity contribution < 1.29 is 9.53 Å². The Morgan fingerprint density at radius 3 is 3.04 bits per heavy atom. The van der Waals surface area contributed by atoms with Gasteiger partial charge < -0.3 is 9.64 Å². The van der Waals surface area contributed by atoms with Gasteiger partial charge in [0, 0.05) is 17.8 Å². The maximum absolute atomic E-state index is 12.9. The van der Waals surface area contributed by atoms with E-state index in [-0.39, 0.29) is 12.0 Å². The summed E-state index contributed by atoms with van der Waals surface area (Å²) in [5.74, 6) is 0.0347. The number of benzene rings is 1. The molecule has 1 atom stereocenters. The SMILES string of the molecule is Cc1ccc(C2CN(C(=O)c3n[nH]c4c3CCC4)CCO2)c(C)c1. The van der Waals surface area contributed by atoms with Gasteiger partial charge in [-0.3, -0.25) is 9.89 Å². The predicted octanol–water partition coefficient (Wildman–Crippen LogP) is 2.73. The van der Waals surface area contributed by atoms with Gasteiger partial charge in [-0.15, -0.1) is 0 Å². The summed E-state index contributed by atoms with van der Waals surface area (Å²) in [4.78, 5) is 14.8. The molecule has 1 amide bonds. The van der Waals surface area contributed by atoms with Crippen molar-refractivity contribution >= 4 is 5.91 Å². The number of nitrogens with one attached hydrogen (secondary N) is 1. The molecule has 5 heteroatoms. The molecule has 0 radical (unpaired) electrons.